The molecule has 22 heavy (non-hydrogen) atoms. The third-order valence-corrected chi connectivity index (χ3v) is 4.61. The minimum Gasteiger partial charge on any atom is -0.497 e. The van der Waals surface area contributed by atoms with Crippen molar-refractivity contribution in [3.05, 3.63) is 23.8 Å². The highest BCUT2D eigenvalue weighted by Gasteiger charge is 2.36. The number of hydrogen-bond donors (Lipinski definition) is 0. The number of likely N-dealkylation sites (tertiary alicyclic amines) is 1. The molecule has 0 aromatic heterocycles. The van der Waals surface area contributed by atoms with Crippen LogP contribution in [0.1, 0.15) is 30.9 Å². The van der Waals surface area contributed by atoms with Crippen molar-refractivity contribution in [1.82, 2.24) is 4.90 Å². The van der Waals surface area contributed by atoms with Crippen LogP contribution in [0.15, 0.2) is 18.2 Å². The molecule has 2 aliphatic heterocycles. The van der Waals surface area contributed by atoms with Gasteiger partial charge in [0.15, 0.2) is 0 Å². The van der Waals surface area contributed by atoms with Gasteiger partial charge < -0.3 is 19.1 Å². The predicted octanol–water partition coefficient (Wildman–Crippen LogP) is 2.40. The van der Waals surface area contributed by atoms with Crippen molar-refractivity contribution in [3.8, 4) is 11.5 Å². The fourth-order valence-electron chi connectivity index (χ4n) is 3.41. The van der Waals surface area contributed by atoms with Crippen LogP contribution in [0.3, 0.4) is 0 Å². The molecule has 2 saturated heterocycles. The Kier molecular flexibility index (Phi) is 4.52. The molecule has 1 aromatic rings. The van der Waals surface area contributed by atoms with Crippen LogP contribution in [-0.4, -0.2) is 44.8 Å². The number of nitrogens with zero attached hydrogens (tertiary/aromatic N) is 1. The topological polar surface area (TPSA) is 48.0 Å². The van der Waals surface area contributed by atoms with Gasteiger partial charge in [0.05, 0.1) is 32.8 Å². The Labute approximate surface area is 131 Å². The zero-order valence-corrected chi connectivity index (χ0v) is 13.2. The van der Waals surface area contributed by atoms with Crippen LogP contribution in [0.4, 0.5) is 0 Å². The number of amides is 1. The van der Waals surface area contributed by atoms with Crippen molar-refractivity contribution in [2.45, 2.75) is 25.3 Å². The van der Waals surface area contributed by atoms with Crippen molar-refractivity contribution in [1.29, 1.82) is 0 Å². The van der Waals surface area contributed by atoms with Crippen molar-refractivity contribution in [3.63, 3.8) is 0 Å². The zero-order chi connectivity index (χ0) is 15.5. The fraction of sp³-hybridized carbons (Fsp3) is 0.588. The SMILES string of the molecule is COc1ccc([C@H]2CCCN2C(=O)[C@H]2CCOC2)c(OC)c1. The summed E-state index contributed by atoms with van der Waals surface area (Å²) < 4.78 is 16.1. The van der Waals surface area contributed by atoms with Gasteiger partial charge in [-0.15, -0.1) is 0 Å². The number of carbonyl (C=O) groups excluding carboxylic acids is 1. The van der Waals surface area contributed by atoms with Gasteiger partial charge in [-0.25, -0.2) is 0 Å². The Balaban J connectivity index is 1.84. The predicted molar refractivity (Wildman–Crippen MR) is 82.2 cm³/mol. The van der Waals surface area contributed by atoms with E-state index in [0.717, 1.165) is 42.9 Å². The van der Waals surface area contributed by atoms with Gasteiger partial charge in [0.1, 0.15) is 11.5 Å². The zero-order valence-electron chi connectivity index (χ0n) is 13.2. The van der Waals surface area contributed by atoms with Gasteiger partial charge >= 0.3 is 0 Å². The molecule has 0 aliphatic carbocycles. The van der Waals surface area contributed by atoms with E-state index in [4.69, 9.17) is 14.2 Å². The average Bonchev–Trinajstić information content (AvgIpc) is 3.24. The minimum absolute atomic E-state index is 0.0184. The highest BCUT2D eigenvalue weighted by atomic mass is 16.5. The first-order valence-corrected chi connectivity index (χ1v) is 7.84. The quantitative estimate of drug-likeness (QED) is 0.857. The summed E-state index contributed by atoms with van der Waals surface area (Å²) in [5.74, 6) is 1.79. The Hall–Kier alpha value is -1.75. The normalized spacial score (nSPS) is 24.5. The number of hydrogen-bond acceptors (Lipinski definition) is 4. The molecular weight excluding hydrogens is 282 g/mol. The van der Waals surface area contributed by atoms with Crippen LogP contribution in [0.2, 0.25) is 0 Å². The van der Waals surface area contributed by atoms with Crippen molar-refractivity contribution in [2.24, 2.45) is 5.92 Å². The lowest BCUT2D eigenvalue weighted by Crippen LogP contribution is -2.36. The summed E-state index contributed by atoms with van der Waals surface area (Å²) in [5, 5.41) is 0. The molecule has 0 radical (unpaired) electrons. The van der Waals surface area contributed by atoms with E-state index in [2.05, 4.69) is 0 Å². The van der Waals surface area contributed by atoms with E-state index in [9.17, 15) is 4.79 Å². The molecule has 5 heteroatoms. The molecule has 0 saturated carbocycles. The summed E-state index contributed by atoms with van der Waals surface area (Å²) in [7, 11) is 3.30. The lowest BCUT2D eigenvalue weighted by atomic mass is 10.0. The molecule has 0 unspecified atom stereocenters. The van der Waals surface area contributed by atoms with E-state index in [1.54, 1.807) is 14.2 Å². The third-order valence-electron chi connectivity index (χ3n) is 4.61. The molecule has 1 aromatic carbocycles. The first kappa shape index (κ1) is 15.2. The first-order valence-electron chi connectivity index (χ1n) is 7.84. The standard InChI is InChI=1S/C17H23NO4/c1-20-13-5-6-14(16(10-13)21-2)15-4-3-8-18(15)17(19)12-7-9-22-11-12/h5-6,10,12,15H,3-4,7-9,11H2,1-2H3/t12-,15+/m0/s1. The molecule has 5 nitrogen and oxygen atoms in total. The van der Waals surface area contributed by atoms with E-state index in [0.29, 0.717) is 13.2 Å². The number of rotatable bonds is 4. The highest BCUT2D eigenvalue weighted by molar-refractivity contribution is 5.80. The monoisotopic (exact) mass is 305 g/mol. The maximum atomic E-state index is 12.7. The largest absolute Gasteiger partial charge is 0.497 e. The minimum atomic E-state index is 0.0184. The average molecular weight is 305 g/mol. The van der Waals surface area contributed by atoms with Gasteiger partial charge in [0, 0.05) is 24.8 Å². The molecule has 2 fully saturated rings. The first-order chi connectivity index (χ1) is 10.7. The van der Waals surface area contributed by atoms with E-state index < -0.39 is 0 Å². The van der Waals surface area contributed by atoms with E-state index in [1.165, 1.54) is 0 Å². The lowest BCUT2D eigenvalue weighted by Gasteiger charge is -2.28. The summed E-state index contributed by atoms with van der Waals surface area (Å²) in [4.78, 5) is 14.7. The number of benzene rings is 1. The van der Waals surface area contributed by atoms with Crippen molar-refractivity contribution in [2.75, 3.05) is 34.0 Å². The smallest absolute Gasteiger partial charge is 0.228 e. The molecule has 1 amide bonds. The van der Waals surface area contributed by atoms with Crippen LogP contribution in [0.5, 0.6) is 11.5 Å². The molecule has 0 spiro atoms. The molecule has 120 valence electrons. The van der Waals surface area contributed by atoms with Crippen LogP contribution < -0.4 is 9.47 Å². The molecule has 2 heterocycles. The molecule has 3 rings (SSSR count). The maximum Gasteiger partial charge on any atom is 0.228 e. The van der Waals surface area contributed by atoms with Gasteiger partial charge in [0.25, 0.3) is 0 Å². The number of methoxy groups -OCH3 is 2. The Morgan fingerprint density at radius 3 is 2.82 bits per heavy atom. The van der Waals surface area contributed by atoms with E-state index in [-0.39, 0.29) is 17.9 Å². The molecule has 2 aliphatic rings. The fourth-order valence-corrected chi connectivity index (χ4v) is 3.41. The Bertz CT molecular complexity index is 539. The van der Waals surface area contributed by atoms with Gasteiger partial charge in [-0.3, -0.25) is 4.79 Å². The van der Waals surface area contributed by atoms with Gasteiger partial charge in [-0.2, -0.15) is 0 Å². The van der Waals surface area contributed by atoms with Crippen LogP contribution in [-0.2, 0) is 9.53 Å². The molecular formula is C17H23NO4. The molecule has 2 atom stereocenters. The highest BCUT2D eigenvalue weighted by Crippen LogP contribution is 2.39. The van der Waals surface area contributed by atoms with Crippen LogP contribution in [0, 0.1) is 5.92 Å². The molecule has 0 bridgehead atoms. The van der Waals surface area contributed by atoms with Gasteiger partial charge in [-0.05, 0) is 31.4 Å². The third kappa shape index (κ3) is 2.77. The van der Waals surface area contributed by atoms with E-state index in [1.807, 2.05) is 23.1 Å². The molecule has 0 N–H and O–H groups in total. The summed E-state index contributed by atoms with van der Waals surface area (Å²) in [6.45, 7) is 2.07. The second-order valence-electron chi connectivity index (χ2n) is 5.86. The Morgan fingerprint density at radius 2 is 2.14 bits per heavy atom. The lowest BCUT2D eigenvalue weighted by molar-refractivity contribution is -0.136. The summed E-state index contributed by atoms with van der Waals surface area (Å²) in [6, 6.07) is 5.92. The number of carbonyl (C=O) groups is 1. The second-order valence-corrected chi connectivity index (χ2v) is 5.86. The Morgan fingerprint density at radius 1 is 1.27 bits per heavy atom. The van der Waals surface area contributed by atoms with E-state index >= 15 is 0 Å². The van der Waals surface area contributed by atoms with Gasteiger partial charge in [0.2, 0.25) is 5.91 Å². The summed E-state index contributed by atoms with van der Waals surface area (Å²) in [5.41, 5.74) is 1.06. The summed E-state index contributed by atoms with van der Waals surface area (Å²) in [6.07, 6.45) is 2.84. The summed E-state index contributed by atoms with van der Waals surface area (Å²) >= 11 is 0. The van der Waals surface area contributed by atoms with Crippen molar-refractivity contribution >= 4 is 5.91 Å². The second kappa shape index (κ2) is 6.57. The van der Waals surface area contributed by atoms with Crippen LogP contribution >= 0.6 is 0 Å². The van der Waals surface area contributed by atoms with Crippen molar-refractivity contribution < 1.29 is 19.0 Å². The van der Waals surface area contributed by atoms with Gasteiger partial charge in [-0.1, -0.05) is 0 Å². The maximum absolute atomic E-state index is 12.7. The van der Waals surface area contributed by atoms with Crippen LogP contribution in [0.25, 0.3) is 0 Å². The number of ether oxygens (including phenoxy) is 3.